The fourth-order valence-electron chi connectivity index (χ4n) is 3.35. The van der Waals surface area contributed by atoms with Gasteiger partial charge in [0.15, 0.2) is 0 Å². The summed E-state index contributed by atoms with van der Waals surface area (Å²) in [4.78, 5) is 36.5. The Bertz CT molecular complexity index is 1050. The number of fused-ring (bicyclic) bond motifs is 1. The van der Waals surface area contributed by atoms with Crippen LogP contribution in [0.2, 0.25) is 0 Å². The molecule has 33 heavy (non-hydrogen) atoms. The van der Waals surface area contributed by atoms with Crippen molar-refractivity contribution in [2.24, 2.45) is 0 Å². The van der Waals surface area contributed by atoms with Crippen molar-refractivity contribution >= 4 is 23.3 Å². The van der Waals surface area contributed by atoms with Gasteiger partial charge in [0.05, 0.1) is 17.7 Å². The Labute approximate surface area is 189 Å². The van der Waals surface area contributed by atoms with Gasteiger partial charge in [-0.3, -0.25) is 14.5 Å². The van der Waals surface area contributed by atoms with E-state index in [9.17, 15) is 27.6 Å². The first-order valence-electron chi connectivity index (χ1n) is 10.7. The molecule has 0 unspecified atom stereocenters. The van der Waals surface area contributed by atoms with Crippen LogP contribution in [0.25, 0.3) is 11.0 Å². The van der Waals surface area contributed by atoms with Crippen molar-refractivity contribution in [2.45, 2.75) is 58.2 Å². The maximum Gasteiger partial charge on any atom is 0.417 e. The highest BCUT2D eigenvalue weighted by Gasteiger charge is 2.34. The van der Waals surface area contributed by atoms with Gasteiger partial charge in [-0.25, -0.2) is 4.79 Å². The van der Waals surface area contributed by atoms with E-state index in [1.807, 2.05) is 6.92 Å². The Kier molecular flexibility index (Phi) is 8.65. The first kappa shape index (κ1) is 26.4. The van der Waals surface area contributed by atoms with E-state index in [-0.39, 0.29) is 30.0 Å². The molecule has 2 aromatic rings. The van der Waals surface area contributed by atoms with Crippen molar-refractivity contribution in [3.8, 4) is 5.75 Å². The smallest absolute Gasteiger partial charge is 0.417 e. The van der Waals surface area contributed by atoms with Crippen LogP contribution in [0.3, 0.4) is 0 Å². The Hall–Kier alpha value is -2.88. The van der Waals surface area contributed by atoms with Gasteiger partial charge in [-0.15, -0.1) is 0 Å². The largest absolute Gasteiger partial charge is 0.493 e. The van der Waals surface area contributed by atoms with Crippen molar-refractivity contribution in [3.63, 3.8) is 0 Å². The molecule has 0 bridgehead atoms. The topological polar surface area (TPSA) is 88.9 Å². The van der Waals surface area contributed by atoms with Gasteiger partial charge in [-0.1, -0.05) is 13.3 Å². The minimum Gasteiger partial charge on any atom is -0.493 e. The molecule has 0 spiro atoms. The molecule has 182 valence electrons. The molecule has 0 aliphatic rings. The average molecular weight is 470 g/mol. The molecule has 0 atom stereocenters. The fraction of sp³-hybridized carbons (Fsp3) is 0.522. The van der Waals surface area contributed by atoms with Crippen molar-refractivity contribution in [2.75, 3.05) is 20.2 Å². The molecule has 1 N–H and O–H groups in total. The number of nitrogens with zero attached hydrogens (tertiary/aromatic N) is 1. The van der Waals surface area contributed by atoms with Gasteiger partial charge < -0.3 is 14.5 Å². The number of imide groups is 1. The summed E-state index contributed by atoms with van der Waals surface area (Å²) in [5, 5.41) is 2.66. The lowest BCUT2D eigenvalue weighted by molar-refractivity contribution is -0.142. The van der Waals surface area contributed by atoms with E-state index in [4.69, 9.17) is 9.15 Å². The van der Waals surface area contributed by atoms with E-state index >= 15 is 0 Å². The molecule has 0 radical (unpaired) electrons. The number of carbonyl (C=O) groups is 2. The second-order valence-corrected chi connectivity index (χ2v) is 8.18. The minimum atomic E-state index is -4.69. The lowest BCUT2D eigenvalue weighted by atomic mass is 10.0. The number of unbranched alkanes of at least 4 members (excludes halogenated alkanes) is 1. The summed E-state index contributed by atoms with van der Waals surface area (Å²) in [6.45, 7) is 5.62. The molecule has 0 fully saturated rings. The zero-order valence-electron chi connectivity index (χ0n) is 19.2. The number of halogens is 3. The Morgan fingerprint density at radius 1 is 1.24 bits per heavy atom. The monoisotopic (exact) mass is 470 g/mol. The van der Waals surface area contributed by atoms with E-state index in [2.05, 4.69) is 5.32 Å². The predicted octanol–water partition coefficient (Wildman–Crippen LogP) is 3.91. The minimum absolute atomic E-state index is 0.124. The number of nitrogens with one attached hydrogen (secondary N) is 1. The fourth-order valence-corrected chi connectivity index (χ4v) is 3.35. The third kappa shape index (κ3) is 6.34. The van der Waals surface area contributed by atoms with E-state index < -0.39 is 22.9 Å². The number of aryl methyl sites for hydroxylation is 1. The molecular weight excluding hydrogens is 441 g/mol. The number of hydrogen-bond donors (Lipinski definition) is 1. The second kappa shape index (κ2) is 10.8. The molecule has 0 saturated carbocycles. The van der Waals surface area contributed by atoms with Crippen LogP contribution in [0.1, 0.15) is 51.2 Å². The van der Waals surface area contributed by atoms with E-state index in [0.29, 0.717) is 49.5 Å². The molecule has 10 heteroatoms. The van der Waals surface area contributed by atoms with Crippen molar-refractivity contribution in [1.82, 2.24) is 10.2 Å². The molecule has 0 aliphatic carbocycles. The van der Waals surface area contributed by atoms with Gasteiger partial charge in [-0.2, -0.15) is 13.2 Å². The molecule has 2 rings (SSSR count). The highest BCUT2D eigenvalue weighted by Crippen LogP contribution is 2.37. The van der Waals surface area contributed by atoms with E-state index in [1.54, 1.807) is 20.9 Å². The number of likely N-dealkylation sites (N-methyl/N-ethyl adjacent to an activating group) is 1. The molecule has 1 aromatic carbocycles. The van der Waals surface area contributed by atoms with E-state index in [1.165, 1.54) is 12.1 Å². The summed E-state index contributed by atoms with van der Waals surface area (Å²) in [5.74, 6) is -0.0114. The first-order valence-corrected chi connectivity index (χ1v) is 10.7. The lowest BCUT2D eigenvalue weighted by Crippen LogP contribution is -2.52. The maximum absolute atomic E-state index is 13.4. The van der Waals surface area contributed by atoms with Crippen LogP contribution in [-0.4, -0.2) is 43.0 Å². The summed E-state index contributed by atoms with van der Waals surface area (Å²) >= 11 is 0. The molecule has 0 aliphatic heterocycles. The van der Waals surface area contributed by atoms with Crippen LogP contribution in [0.4, 0.5) is 13.2 Å². The van der Waals surface area contributed by atoms with Gasteiger partial charge in [-0.05, 0) is 52.3 Å². The highest BCUT2D eigenvalue weighted by atomic mass is 19.4. The molecule has 1 aromatic heterocycles. The molecule has 1 heterocycles. The predicted molar refractivity (Wildman–Crippen MR) is 117 cm³/mol. The third-order valence-corrected chi connectivity index (χ3v) is 5.38. The Morgan fingerprint density at radius 3 is 2.52 bits per heavy atom. The Balaban J connectivity index is 2.14. The summed E-state index contributed by atoms with van der Waals surface area (Å²) in [6, 6.07) is 3.13. The van der Waals surface area contributed by atoms with Crippen LogP contribution in [0, 0.1) is 0 Å². The van der Waals surface area contributed by atoms with Crippen LogP contribution >= 0.6 is 0 Å². The normalized spacial score (nSPS) is 12.1. The summed E-state index contributed by atoms with van der Waals surface area (Å²) < 4.78 is 51.1. The lowest BCUT2D eigenvalue weighted by Gasteiger charge is -2.27. The zero-order chi connectivity index (χ0) is 24.8. The van der Waals surface area contributed by atoms with Gasteiger partial charge in [0.25, 0.3) is 0 Å². The molecule has 0 saturated heterocycles. The van der Waals surface area contributed by atoms with Gasteiger partial charge in [0.1, 0.15) is 11.3 Å². The van der Waals surface area contributed by atoms with Crippen LogP contribution < -0.4 is 15.7 Å². The number of benzene rings is 1. The number of amides is 2. The average Bonchev–Trinajstić information content (AvgIpc) is 2.76. The molecule has 7 nitrogen and oxygen atoms in total. The van der Waals surface area contributed by atoms with Gasteiger partial charge >= 0.3 is 11.8 Å². The van der Waals surface area contributed by atoms with Crippen molar-refractivity contribution < 1.29 is 31.9 Å². The van der Waals surface area contributed by atoms with Crippen LogP contribution in [0.5, 0.6) is 5.75 Å². The summed E-state index contributed by atoms with van der Waals surface area (Å²) in [6.07, 6.45) is -2.26. The number of hydrogen-bond acceptors (Lipinski definition) is 6. The van der Waals surface area contributed by atoms with Gasteiger partial charge in [0.2, 0.25) is 12.3 Å². The number of carbonyl (C=O) groups excluding carboxylic acids is 2. The standard InChI is InChI=1S/C23H29F3N2O5/c1-5-8-16-18(10-9-15-17(23(24,25)26)13-19(30)33-20(15)16)32-12-7-6-11-28(14-29)21(31)22(2,3)27-4/h9-10,13-14,27H,5-8,11-12H2,1-4H3. The van der Waals surface area contributed by atoms with Crippen molar-refractivity contribution in [1.29, 1.82) is 0 Å². The SMILES string of the molecule is CCCc1c(OCCCCN(C=O)C(=O)C(C)(C)NC)ccc2c(C(F)(F)F)cc(=O)oc12. The third-order valence-electron chi connectivity index (χ3n) is 5.38. The molecule has 2 amide bonds. The highest BCUT2D eigenvalue weighted by molar-refractivity contribution is 5.92. The summed E-state index contributed by atoms with van der Waals surface area (Å²) in [7, 11) is 1.63. The van der Waals surface area contributed by atoms with Crippen LogP contribution in [0.15, 0.2) is 27.4 Å². The second-order valence-electron chi connectivity index (χ2n) is 8.18. The summed E-state index contributed by atoms with van der Waals surface area (Å²) in [5.41, 5.74) is -2.72. The van der Waals surface area contributed by atoms with E-state index in [0.717, 1.165) is 4.90 Å². The number of ether oxygens (including phenoxy) is 1. The number of alkyl halides is 3. The number of rotatable bonds is 11. The maximum atomic E-state index is 13.4. The van der Waals surface area contributed by atoms with Gasteiger partial charge in [0, 0.05) is 23.6 Å². The zero-order valence-corrected chi connectivity index (χ0v) is 19.2. The quantitative estimate of drug-likeness (QED) is 0.304. The first-order chi connectivity index (χ1) is 15.5. The van der Waals surface area contributed by atoms with Crippen LogP contribution in [-0.2, 0) is 22.2 Å². The molecular formula is C23H29F3N2O5. The van der Waals surface area contributed by atoms with Crippen molar-refractivity contribution in [3.05, 3.63) is 39.7 Å². The Morgan fingerprint density at radius 2 is 1.94 bits per heavy atom.